The maximum Gasteiger partial charge on any atom is 0.262 e. The van der Waals surface area contributed by atoms with Crippen molar-refractivity contribution >= 4 is 88.2 Å². The summed E-state index contributed by atoms with van der Waals surface area (Å²) in [6, 6.07) is 94.1. The second kappa shape index (κ2) is 29.4. The first-order valence-corrected chi connectivity index (χ1v) is 35.4. The SMILES string of the molecule is [C-]#[N+]c1ccc(-c2nc3c(-c4ccccc4)cc4c(-c5ccc(-c6c(F)c(F)c([N+]#[C-])c(F)c6F)cc5)nc5ccccc5c4c3nc2-c2ccc(C#N)cc2)cc1.[C-]#[N+]c1ccc(-c2nc3c(-c4ccccc4)cc4c(-c5ccc(-c6cc(C#N)cc([N+]#[C-])c6)cc5)nc5ccccc5c4c3nc2-c2ccc(C#N)cc2)cc1. The number of pyridine rings is 2. The van der Waals surface area contributed by atoms with Crippen LogP contribution in [-0.2, 0) is 0 Å². The molecule has 0 aliphatic heterocycles. The number of nitriles is 3. The summed E-state index contributed by atoms with van der Waals surface area (Å²) < 4.78 is 59.5. The number of para-hydroxylation sites is 2. The normalized spacial score (nSPS) is 10.9. The molecule has 0 amide bonds. The molecule has 14 aromatic carbocycles. The molecule has 0 bridgehead atoms. The van der Waals surface area contributed by atoms with E-state index in [1.165, 1.54) is 12.1 Å². The van der Waals surface area contributed by atoms with Gasteiger partial charge in [-0.05, 0) is 106 Å². The topological polar surface area (TPSA) is 166 Å². The molecular formula is C97H47F4N13. The van der Waals surface area contributed by atoms with Gasteiger partial charge in [-0.2, -0.15) is 15.8 Å². The highest BCUT2D eigenvalue weighted by Crippen LogP contribution is 2.47. The lowest BCUT2D eigenvalue weighted by atomic mass is 9.92. The van der Waals surface area contributed by atoms with Gasteiger partial charge in [0.1, 0.15) is 0 Å². The van der Waals surface area contributed by atoms with Crippen LogP contribution in [0.15, 0.2) is 285 Å². The molecule has 0 saturated heterocycles. The Kier molecular flexibility index (Phi) is 18.1. The monoisotopic (exact) mass is 1470 g/mol. The van der Waals surface area contributed by atoms with E-state index in [1.807, 2.05) is 170 Å². The number of halogens is 4. The lowest BCUT2D eigenvalue weighted by Crippen LogP contribution is -2.00. The average molecular weight is 1470 g/mol. The lowest BCUT2D eigenvalue weighted by Gasteiger charge is -2.18. The Labute approximate surface area is 648 Å². The van der Waals surface area contributed by atoms with Crippen molar-refractivity contribution in [3.63, 3.8) is 0 Å². The van der Waals surface area contributed by atoms with E-state index in [9.17, 15) is 24.6 Å². The molecule has 0 N–H and O–H groups in total. The Morgan fingerprint density at radius 3 is 0.982 bits per heavy atom. The highest BCUT2D eigenvalue weighted by atomic mass is 19.2. The van der Waals surface area contributed by atoms with Crippen LogP contribution < -0.4 is 0 Å². The summed E-state index contributed by atoms with van der Waals surface area (Å²) in [7, 11) is 0. The van der Waals surface area contributed by atoms with Gasteiger partial charge < -0.3 is 0 Å². The van der Waals surface area contributed by atoms with Crippen LogP contribution in [0.1, 0.15) is 16.7 Å². The van der Waals surface area contributed by atoms with Gasteiger partial charge in [-0.25, -0.2) is 66.8 Å². The van der Waals surface area contributed by atoms with Crippen molar-refractivity contribution in [2.75, 3.05) is 0 Å². The number of fused-ring (bicyclic) bond motifs is 10. The first kappa shape index (κ1) is 70.2. The van der Waals surface area contributed by atoms with Gasteiger partial charge in [0.2, 0.25) is 0 Å². The van der Waals surface area contributed by atoms with E-state index >= 15 is 8.78 Å². The van der Waals surface area contributed by atoms with Gasteiger partial charge in [0.05, 0.1) is 128 Å². The Morgan fingerprint density at radius 1 is 0.254 bits per heavy atom. The van der Waals surface area contributed by atoms with E-state index in [4.69, 9.17) is 56.2 Å². The third kappa shape index (κ3) is 12.6. The zero-order valence-corrected chi connectivity index (χ0v) is 59.5. The quantitative estimate of drug-likeness (QED) is 0.0560. The average Bonchev–Trinajstić information content (AvgIpc) is 0.722. The van der Waals surface area contributed by atoms with E-state index in [0.29, 0.717) is 101 Å². The van der Waals surface area contributed by atoms with E-state index in [-0.39, 0.29) is 5.56 Å². The molecule has 0 radical (unpaired) electrons. The van der Waals surface area contributed by atoms with Crippen LogP contribution in [0.25, 0.3) is 197 Å². The first-order valence-electron chi connectivity index (χ1n) is 35.4. The van der Waals surface area contributed by atoms with Gasteiger partial charge in [0, 0.05) is 71.3 Å². The van der Waals surface area contributed by atoms with Gasteiger partial charge in [0.25, 0.3) is 5.69 Å². The van der Waals surface area contributed by atoms with Crippen LogP contribution in [0, 0.1) is 83.6 Å². The van der Waals surface area contributed by atoms with Crippen molar-refractivity contribution in [2.45, 2.75) is 0 Å². The van der Waals surface area contributed by atoms with Crippen molar-refractivity contribution in [3.8, 4) is 130 Å². The van der Waals surface area contributed by atoms with Crippen molar-refractivity contribution in [2.24, 2.45) is 0 Å². The van der Waals surface area contributed by atoms with E-state index in [2.05, 4.69) is 61.9 Å². The minimum Gasteiger partial charge on any atom is -0.247 e. The van der Waals surface area contributed by atoms with E-state index in [0.717, 1.165) is 99.3 Å². The smallest absolute Gasteiger partial charge is 0.247 e. The van der Waals surface area contributed by atoms with Crippen molar-refractivity contribution in [1.82, 2.24) is 29.9 Å². The number of aromatic nitrogens is 6. The molecule has 528 valence electrons. The highest BCUT2D eigenvalue weighted by molar-refractivity contribution is 6.25. The first-order chi connectivity index (χ1) is 55.8. The van der Waals surface area contributed by atoms with Crippen LogP contribution in [0.5, 0.6) is 0 Å². The summed E-state index contributed by atoms with van der Waals surface area (Å²) in [5, 5.41) is 33.7. The number of hydrogen-bond acceptors (Lipinski definition) is 9. The standard InChI is InChI=1S/C49H25N7.C48H22F4N6/c1-52-38-22-20-36(21-23-38)46-47(35-14-12-30(28-50)13-15-35)56-49-44-40-10-6-7-11-43(40)54-45(42(44)27-41(48(49)55-46)33-8-4-3-5-9-33)34-18-16-32(17-19-34)37-24-31(29-51)25-39(26-37)53-2;1-54-32-22-20-31(21-23-32)44-45(30-14-12-26(25-53)13-15-30)58-47-38-33-10-6-7-11-36(33)56-43(35(38)24-34(46(47)57-44)27-8-4-3-5-9-27)29-18-16-28(17-19-29)37-39(49)41(51)48(55-2)42(52)40(37)50/h3-27H;3-24H. The Balaban J connectivity index is 0.000000165. The molecule has 0 atom stereocenters. The van der Waals surface area contributed by atoms with Crippen molar-refractivity contribution in [3.05, 3.63) is 371 Å². The highest BCUT2D eigenvalue weighted by Gasteiger charge is 2.29. The summed E-state index contributed by atoms with van der Waals surface area (Å²) in [5.41, 5.74) is 17.8. The molecule has 17 heteroatoms. The Morgan fingerprint density at radius 2 is 0.596 bits per heavy atom. The van der Waals surface area contributed by atoms with Crippen LogP contribution >= 0.6 is 0 Å². The van der Waals surface area contributed by atoms with Crippen LogP contribution in [0.4, 0.5) is 40.3 Å². The zero-order chi connectivity index (χ0) is 78.3. The molecule has 4 aromatic heterocycles. The van der Waals surface area contributed by atoms with Crippen LogP contribution in [0.2, 0.25) is 0 Å². The van der Waals surface area contributed by atoms with E-state index in [1.54, 1.807) is 78.9 Å². The lowest BCUT2D eigenvalue weighted by molar-refractivity contribution is 0.465. The molecule has 18 aromatic rings. The summed E-state index contributed by atoms with van der Waals surface area (Å²) in [4.78, 5) is 45.4. The molecule has 0 saturated carbocycles. The second-order valence-electron chi connectivity index (χ2n) is 26.6. The fraction of sp³-hybridized carbons (Fsp3) is 0. The summed E-state index contributed by atoms with van der Waals surface area (Å²) in [6.07, 6.45) is 0. The summed E-state index contributed by atoms with van der Waals surface area (Å²) in [5.74, 6) is -6.85. The number of benzene rings is 14. The molecule has 0 spiro atoms. The predicted octanol–water partition coefficient (Wildman–Crippen LogP) is 25.7. The van der Waals surface area contributed by atoms with Gasteiger partial charge in [-0.15, -0.1) is 0 Å². The summed E-state index contributed by atoms with van der Waals surface area (Å²) in [6.45, 7) is 29.5. The molecule has 18 rings (SSSR count). The molecular weight excluding hydrogens is 1420 g/mol. The van der Waals surface area contributed by atoms with Crippen LogP contribution in [-0.4, -0.2) is 29.9 Å². The minimum absolute atomic E-state index is 0.136. The van der Waals surface area contributed by atoms with E-state index < -0.39 is 34.5 Å². The summed E-state index contributed by atoms with van der Waals surface area (Å²) >= 11 is 0. The van der Waals surface area contributed by atoms with Gasteiger partial charge in [-0.3, -0.25) is 0 Å². The molecule has 114 heavy (non-hydrogen) atoms. The predicted molar refractivity (Wildman–Crippen MR) is 438 cm³/mol. The van der Waals surface area contributed by atoms with Crippen molar-refractivity contribution in [1.29, 1.82) is 15.8 Å². The Hall–Kier alpha value is -16.8. The second-order valence-corrected chi connectivity index (χ2v) is 26.6. The van der Waals surface area contributed by atoms with Crippen molar-refractivity contribution < 1.29 is 17.6 Å². The molecule has 4 heterocycles. The molecule has 0 aliphatic carbocycles. The largest absolute Gasteiger partial charge is 0.262 e. The third-order valence-electron chi connectivity index (χ3n) is 20.0. The van der Waals surface area contributed by atoms with Crippen LogP contribution in [0.3, 0.4) is 0 Å². The number of rotatable bonds is 10. The minimum atomic E-state index is -1.76. The zero-order valence-electron chi connectivity index (χ0n) is 59.5. The fourth-order valence-corrected chi connectivity index (χ4v) is 14.5. The number of nitrogens with zero attached hydrogens (tertiary/aromatic N) is 13. The maximum absolute atomic E-state index is 15.1. The van der Waals surface area contributed by atoms with Gasteiger partial charge in [0.15, 0.2) is 40.3 Å². The third-order valence-corrected chi connectivity index (χ3v) is 20.0. The maximum atomic E-state index is 15.1. The Bertz CT molecular complexity index is 7300. The van der Waals surface area contributed by atoms with Gasteiger partial charge >= 0.3 is 0 Å². The number of hydrogen-bond donors (Lipinski definition) is 0. The fourth-order valence-electron chi connectivity index (χ4n) is 14.5. The van der Waals surface area contributed by atoms with Gasteiger partial charge in [-0.1, -0.05) is 218 Å². The molecule has 0 aliphatic rings. The molecule has 13 nitrogen and oxygen atoms in total. The molecule has 0 unspecified atom stereocenters. The molecule has 0 fully saturated rings.